The van der Waals surface area contributed by atoms with E-state index in [1.54, 1.807) is 31.3 Å². The second-order valence-corrected chi connectivity index (χ2v) is 7.11. The molecule has 1 N–H and O–H groups in total. The maximum atomic E-state index is 13.3. The fourth-order valence-electron chi connectivity index (χ4n) is 3.35. The Labute approximate surface area is 182 Å². The molecule has 0 saturated carbocycles. The average molecular weight is 418 g/mol. The lowest BCUT2D eigenvalue weighted by atomic mass is 10.0. The number of nitrogens with one attached hydrogen (secondary N) is 1. The Hall–Kier alpha value is -3.67. The summed E-state index contributed by atoms with van der Waals surface area (Å²) >= 11 is 0. The van der Waals surface area contributed by atoms with Crippen LogP contribution < -0.4 is 10.1 Å². The minimum Gasteiger partial charge on any atom is -0.497 e. The van der Waals surface area contributed by atoms with E-state index in [9.17, 15) is 9.59 Å². The molecule has 6 nitrogen and oxygen atoms in total. The van der Waals surface area contributed by atoms with Gasteiger partial charge in [0.2, 0.25) is 11.8 Å². The Bertz CT molecular complexity index is 976. The van der Waals surface area contributed by atoms with Crippen molar-refractivity contribution in [1.29, 1.82) is 0 Å². The Morgan fingerprint density at radius 3 is 2.26 bits per heavy atom. The van der Waals surface area contributed by atoms with E-state index < -0.39 is 6.04 Å². The van der Waals surface area contributed by atoms with Crippen LogP contribution in [0.5, 0.6) is 5.75 Å². The molecule has 0 aliphatic heterocycles. The molecule has 0 unspecified atom stereocenters. The van der Waals surface area contributed by atoms with Gasteiger partial charge in [0.15, 0.2) is 0 Å². The minimum atomic E-state index is -0.738. The fourth-order valence-corrected chi connectivity index (χ4v) is 3.35. The smallest absolute Gasteiger partial charge is 0.247 e. The summed E-state index contributed by atoms with van der Waals surface area (Å²) in [5, 5.41) is 2.98. The minimum absolute atomic E-state index is 0.0938. The number of carbonyl (C=O) groups is 2. The van der Waals surface area contributed by atoms with E-state index in [1.807, 2.05) is 66.7 Å². The zero-order valence-corrected chi connectivity index (χ0v) is 17.8. The standard InChI is InChI=1S/C25H27N3O3/c1-3-23(29)28(18-20-9-11-22(31-2)12-10-20)24(21-7-5-4-6-8-21)25(30)27-17-19-13-15-26-16-14-19/h4-16,24H,3,17-18H2,1-2H3,(H,27,30)/t24-/m0/s1. The summed E-state index contributed by atoms with van der Waals surface area (Å²) in [4.78, 5) is 31.9. The van der Waals surface area contributed by atoms with E-state index in [4.69, 9.17) is 4.74 Å². The van der Waals surface area contributed by atoms with Crippen LogP contribution in [0, 0.1) is 0 Å². The van der Waals surface area contributed by atoms with Crippen molar-refractivity contribution < 1.29 is 14.3 Å². The maximum Gasteiger partial charge on any atom is 0.247 e. The number of amides is 2. The Balaban J connectivity index is 1.89. The van der Waals surface area contributed by atoms with E-state index in [1.165, 1.54) is 0 Å². The number of ether oxygens (including phenoxy) is 1. The van der Waals surface area contributed by atoms with Crippen molar-refractivity contribution in [3.63, 3.8) is 0 Å². The van der Waals surface area contributed by atoms with E-state index in [-0.39, 0.29) is 11.8 Å². The maximum absolute atomic E-state index is 13.3. The van der Waals surface area contributed by atoms with E-state index in [0.717, 1.165) is 22.4 Å². The molecule has 0 aliphatic carbocycles. The highest BCUT2D eigenvalue weighted by Gasteiger charge is 2.30. The summed E-state index contributed by atoms with van der Waals surface area (Å²) in [5.74, 6) is 0.425. The van der Waals surface area contributed by atoms with Gasteiger partial charge in [0.1, 0.15) is 11.8 Å². The van der Waals surface area contributed by atoms with Gasteiger partial charge in [-0.1, -0.05) is 49.4 Å². The number of nitrogens with zero attached hydrogens (tertiary/aromatic N) is 2. The largest absolute Gasteiger partial charge is 0.497 e. The van der Waals surface area contributed by atoms with Crippen molar-refractivity contribution in [2.24, 2.45) is 0 Å². The molecule has 6 heteroatoms. The first kappa shape index (κ1) is 22.0. The van der Waals surface area contributed by atoms with Gasteiger partial charge >= 0.3 is 0 Å². The summed E-state index contributed by atoms with van der Waals surface area (Å²) in [5.41, 5.74) is 2.63. The fraction of sp³-hybridized carbons (Fsp3) is 0.240. The number of hydrogen-bond acceptors (Lipinski definition) is 4. The summed E-state index contributed by atoms with van der Waals surface area (Å²) in [6, 6.07) is 19.9. The van der Waals surface area contributed by atoms with Gasteiger partial charge in [0, 0.05) is 31.9 Å². The number of carbonyl (C=O) groups excluding carboxylic acids is 2. The lowest BCUT2D eigenvalue weighted by Crippen LogP contribution is -2.43. The number of aromatic nitrogens is 1. The van der Waals surface area contributed by atoms with Crippen LogP contribution >= 0.6 is 0 Å². The van der Waals surface area contributed by atoms with Gasteiger partial charge in [0.25, 0.3) is 0 Å². The van der Waals surface area contributed by atoms with Crippen molar-refractivity contribution in [3.05, 3.63) is 95.8 Å². The molecule has 1 heterocycles. The average Bonchev–Trinajstić information content (AvgIpc) is 2.83. The lowest BCUT2D eigenvalue weighted by molar-refractivity contribution is -0.141. The lowest BCUT2D eigenvalue weighted by Gasteiger charge is -2.31. The Morgan fingerprint density at radius 1 is 0.968 bits per heavy atom. The predicted octanol–water partition coefficient (Wildman–Crippen LogP) is 3.89. The molecule has 0 saturated heterocycles. The topological polar surface area (TPSA) is 71.5 Å². The van der Waals surface area contributed by atoms with Crippen LogP contribution in [-0.2, 0) is 22.7 Å². The van der Waals surface area contributed by atoms with Gasteiger partial charge in [-0.05, 0) is 41.0 Å². The van der Waals surface area contributed by atoms with Gasteiger partial charge < -0.3 is 15.0 Å². The molecule has 1 atom stereocenters. The molecule has 1 aromatic heterocycles. The second kappa shape index (κ2) is 10.9. The molecular formula is C25H27N3O3. The van der Waals surface area contributed by atoms with E-state index in [2.05, 4.69) is 10.3 Å². The van der Waals surface area contributed by atoms with E-state index >= 15 is 0 Å². The SMILES string of the molecule is CCC(=O)N(Cc1ccc(OC)cc1)[C@H](C(=O)NCc1ccncc1)c1ccccc1. The van der Waals surface area contributed by atoms with Crippen LogP contribution in [-0.4, -0.2) is 28.8 Å². The molecule has 3 aromatic rings. The van der Waals surface area contributed by atoms with E-state index in [0.29, 0.717) is 19.5 Å². The quantitative estimate of drug-likeness (QED) is 0.573. The number of benzene rings is 2. The van der Waals surface area contributed by atoms with Crippen molar-refractivity contribution >= 4 is 11.8 Å². The number of hydrogen-bond donors (Lipinski definition) is 1. The summed E-state index contributed by atoms with van der Waals surface area (Å²) in [7, 11) is 1.61. The zero-order chi connectivity index (χ0) is 22.1. The molecule has 0 radical (unpaired) electrons. The predicted molar refractivity (Wildman–Crippen MR) is 119 cm³/mol. The first-order chi connectivity index (χ1) is 15.1. The first-order valence-corrected chi connectivity index (χ1v) is 10.3. The van der Waals surface area contributed by atoms with Crippen LogP contribution in [0.25, 0.3) is 0 Å². The monoisotopic (exact) mass is 417 g/mol. The molecule has 2 aromatic carbocycles. The molecule has 2 amide bonds. The van der Waals surface area contributed by atoms with Gasteiger partial charge in [-0.25, -0.2) is 0 Å². The highest BCUT2D eigenvalue weighted by molar-refractivity contribution is 5.88. The van der Waals surface area contributed by atoms with Crippen molar-refractivity contribution in [2.75, 3.05) is 7.11 Å². The Kier molecular flexibility index (Phi) is 7.76. The van der Waals surface area contributed by atoms with Crippen LogP contribution in [0.4, 0.5) is 0 Å². The highest BCUT2D eigenvalue weighted by atomic mass is 16.5. The molecular weight excluding hydrogens is 390 g/mol. The normalized spacial score (nSPS) is 11.4. The van der Waals surface area contributed by atoms with Crippen LogP contribution in [0.2, 0.25) is 0 Å². The first-order valence-electron chi connectivity index (χ1n) is 10.3. The van der Waals surface area contributed by atoms with Crippen molar-refractivity contribution in [2.45, 2.75) is 32.5 Å². The third-order valence-corrected chi connectivity index (χ3v) is 5.03. The van der Waals surface area contributed by atoms with Crippen molar-refractivity contribution in [1.82, 2.24) is 15.2 Å². The second-order valence-electron chi connectivity index (χ2n) is 7.11. The zero-order valence-electron chi connectivity index (χ0n) is 17.8. The molecule has 0 bridgehead atoms. The molecule has 31 heavy (non-hydrogen) atoms. The highest BCUT2D eigenvalue weighted by Crippen LogP contribution is 2.25. The summed E-state index contributed by atoms with van der Waals surface area (Å²) in [6.45, 7) is 2.49. The molecule has 160 valence electrons. The molecule has 3 rings (SSSR count). The molecule has 0 spiro atoms. The van der Waals surface area contributed by atoms with Crippen LogP contribution in [0.3, 0.4) is 0 Å². The van der Waals surface area contributed by atoms with Crippen LogP contribution in [0.1, 0.15) is 36.1 Å². The van der Waals surface area contributed by atoms with Gasteiger partial charge in [-0.3, -0.25) is 14.6 Å². The van der Waals surface area contributed by atoms with Crippen molar-refractivity contribution in [3.8, 4) is 5.75 Å². The summed E-state index contributed by atoms with van der Waals surface area (Å²) < 4.78 is 5.22. The van der Waals surface area contributed by atoms with Gasteiger partial charge in [0.05, 0.1) is 7.11 Å². The number of pyridine rings is 1. The molecule has 0 fully saturated rings. The summed E-state index contributed by atoms with van der Waals surface area (Å²) in [6.07, 6.45) is 3.68. The van der Waals surface area contributed by atoms with Crippen LogP contribution in [0.15, 0.2) is 79.1 Å². The molecule has 0 aliphatic rings. The number of rotatable bonds is 9. The third kappa shape index (κ3) is 5.92. The van der Waals surface area contributed by atoms with Gasteiger partial charge in [-0.2, -0.15) is 0 Å². The third-order valence-electron chi connectivity index (χ3n) is 5.03. The van der Waals surface area contributed by atoms with Gasteiger partial charge in [-0.15, -0.1) is 0 Å². The number of methoxy groups -OCH3 is 1. The Morgan fingerprint density at radius 2 is 1.65 bits per heavy atom.